The van der Waals surface area contributed by atoms with Gasteiger partial charge in [-0.05, 0) is 71.2 Å². The maximum atomic E-state index is 8.88. The maximum Gasteiger partial charge on any atom is 0.466 e. The third-order valence-electron chi connectivity index (χ3n) is 3.91. The Kier molecular flexibility index (Phi) is 8.58. The molecule has 0 aliphatic heterocycles. The molecule has 0 atom stereocenters. The van der Waals surface area contributed by atoms with Crippen LogP contribution < -0.4 is 11.5 Å². The molecule has 0 saturated heterocycles. The van der Waals surface area contributed by atoms with E-state index in [9.17, 15) is 0 Å². The summed E-state index contributed by atoms with van der Waals surface area (Å²) in [6, 6.07) is 15.7. The molecule has 0 radical (unpaired) electrons. The Labute approximate surface area is 175 Å². The van der Waals surface area contributed by atoms with E-state index in [1.165, 1.54) is 0 Å². The van der Waals surface area contributed by atoms with Crippen molar-refractivity contribution in [2.75, 3.05) is 11.5 Å². The van der Waals surface area contributed by atoms with E-state index >= 15 is 0 Å². The predicted octanol–water partition coefficient (Wildman–Crippen LogP) is 3.68. The second kappa shape index (κ2) is 10.2. The van der Waals surface area contributed by atoms with Gasteiger partial charge in [-0.3, -0.25) is 0 Å². The van der Waals surface area contributed by atoms with E-state index < -0.39 is 7.82 Å². The Balaban J connectivity index is 0.000000628. The number of nitrogen functional groups attached to an aromatic ring is 2. The molecule has 3 rings (SSSR count). The Bertz CT molecular complexity index is 951. The molecule has 1 aliphatic carbocycles. The van der Waals surface area contributed by atoms with Crippen molar-refractivity contribution in [1.29, 1.82) is 5.41 Å². The normalized spacial score (nSPS) is 13.0. The zero-order chi connectivity index (χ0) is 20.9. The van der Waals surface area contributed by atoms with Gasteiger partial charge in [0.15, 0.2) is 0 Å². The molecule has 0 bridgehead atoms. The molecule has 154 valence electrons. The highest BCUT2D eigenvalue weighted by molar-refractivity contribution is 7.45. The summed E-state index contributed by atoms with van der Waals surface area (Å²) < 4.78 is 8.88. The lowest BCUT2D eigenvalue weighted by Gasteiger charge is -2.16. The Morgan fingerprint density at radius 2 is 1.24 bits per heavy atom. The van der Waals surface area contributed by atoms with Crippen LogP contribution in [0.2, 0.25) is 0 Å². The van der Waals surface area contributed by atoms with E-state index in [2.05, 4.69) is 0 Å². The fraction of sp³-hybridized carbons (Fsp3) is 0.0500. The van der Waals surface area contributed by atoms with E-state index in [-0.39, 0.29) is 12.4 Å². The first-order valence-electron chi connectivity index (χ1n) is 8.24. The van der Waals surface area contributed by atoms with Crippen LogP contribution in [0.1, 0.15) is 18.1 Å². The third-order valence-corrected chi connectivity index (χ3v) is 3.91. The highest BCUT2D eigenvalue weighted by Gasteiger charge is 2.12. The van der Waals surface area contributed by atoms with Gasteiger partial charge in [0.25, 0.3) is 0 Å². The summed E-state index contributed by atoms with van der Waals surface area (Å²) in [6.07, 6.45) is 5.86. The van der Waals surface area contributed by atoms with Crippen LogP contribution in [0, 0.1) is 5.41 Å². The van der Waals surface area contributed by atoms with E-state index in [4.69, 9.17) is 36.1 Å². The van der Waals surface area contributed by atoms with Gasteiger partial charge >= 0.3 is 7.82 Å². The van der Waals surface area contributed by atoms with Gasteiger partial charge in [0.1, 0.15) is 0 Å². The Hall–Kier alpha value is -2.67. The minimum Gasteiger partial charge on any atom is -0.399 e. The number of benzene rings is 2. The number of hydrogen-bond acceptors (Lipinski definition) is 4. The number of rotatable bonds is 2. The topological polar surface area (TPSA) is 154 Å². The summed E-state index contributed by atoms with van der Waals surface area (Å²) in [6.45, 7) is 1.95. The molecule has 0 spiro atoms. The van der Waals surface area contributed by atoms with E-state index in [0.29, 0.717) is 5.71 Å². The molecule has 1 aliphatic rings. The minimum atomic E-state index is -4.64. The zero-order valence-corrected chi connectivity index (χ0v) is 17.3. The molecule has 8 N–H and O–H groups in total. The molecule has 0 aromatic heterocycles. The molecule has 9 heteroatoms. The molecule has 29 heavy (non-hydrogen) atoms. The van der Waals surface area contributed by atoms with Crippen molar-refractivity contribution in [1.82, 2.24) is 0 Å². The second-order valence-corrected chi connectivity index (χ2v) is 7.19. The number of allylic oxidation sites excluding steroid dienone is 5. The highest BCUT2D eigenvalue weighted by atomic mass is 35.5. The zero-order valence-electron chi connectivity index (χ0n) is 15.6. The van der Waals surface area contributed by atoms with Crippen LogP contribution in [0.5, 0.6) is 0 Å². The van der Waals surface area contributed by atoms with Gasteiger partial charge in [0, 0.05) is 11.4 Å². The Morgan fingerprint density at radius 1 is 0.862 bits per heavy atom. The van der Waals surface area contributed by atoms with Gasteiger partial charge in [-0.1, -0.05) is 30.3 Å². The monoisotopic (exact) mass is 435 g/mol. The predicted molar refractivity (Wildman–Crippen MR) is 120 cm³/mol. The van der Waals surface area contributed by atoms with Crippen molar-refractivity contribution in [2.24, 2.45) is 0 Å². The fourth-order valence-corrected chi connectivity index (χ4v) is 2.62. The molecule has 2 aromatic rings. The highest BCUT2D eigenvalue weighted by Crippen LogP contribution is 2.31. The summed E-state index contributed by atoms with van der Waals surface area (Å²) in [5.74, 6) is 0. The van der Waals surface area contributed by atoms with Gasteiger partial charge in [-0.25, -0.2) is 4.57 Å². The number of anilines is 2. The standard InChI is InChI=1S/C20H19N3.ClH.H3O4P/c1-13-12-16(6-11-19(13)23)20(14-2-7-17(21)8-3-14)15-4-9-18(22)10-5-15;;1-5(2,3)4/h2-12,23H,21-22H2,1H3;1H;(H3,1,2,3,4). The lowest BCUT2D eigenvalue weighted by Crippen LogP contribution is -2.01. The molecule has 0 heterocycles. The minimum absolute atomic E-state index is 0. The first-order chi connectivity index (χ1) is 13.0. The van der Waals surface area contributed by atoms with Gasteiger partial charge in [0.2, 0.25) is 0 Å². The van der Waals surface area contributed by atoms with Gasteiger partial charge in [0.05, 0.1) is 5.71 Å². The fourth-order valence-electron chi connectivity index (χ4n) is 2.62. The quantitative estimate of drug-likeness (QED) is 0.312. The SMILES string of the molecule is CC1=CC(=C(c2ccc(N)cc2)c2ccc(N)cc2)C=CC1=N.Cl.O=P(O)(O)O. The number of halogens is 1. The largest absolute Gasteiger partial charge is 0.466 e. The van der Waals surface area contributed by atoms with Crippen LogP contribution in [-0.4, -0.2) is 20.4 Å². The summed E-state index contributed by atoms with van der Waals surface area (Å²) in [4.78, 5) is 21.6. The van der Waals surface area contributed by atoms with Gasteiger partial charge in [-0.2, -0.15) is 0 Å². The van der Waals surface area contributed by atoms with E-state index in [1.807, 2.05) is 73.7 Å². The third kappa shape index (κ3) is 7.69. The number of hydrogen-bond donors (Lipinski definition) is 6. The van der Waals surface area contributed by atoms with Crippen molar-refractivity contribution in [3.05, 3.63) is 89.0 Å². The summed E-state index contributed by atoms with van der Waals surface area (Å²) in [7, 11) is -4.64. The van der Waals surface area contributed by atoms with Crippen molar-refractivity contribution < 1.29 is 19.2 Å². The van der Waals surface area contributed by atoms with Crippen molar-refractivity contribution in [2.45, 2.75) is 6.92 Å². The molecule has 7 nitrogen and oxygen atoms in total. The van der Waals surface area contributed by atoms with Crippen LogP contribution in [0.4, 0.5) is 11.4 Å². The van der Waals surface area contributed by atoms with Crippen LogP contribution in [0.15, 0.2) is 77.9 Å². The van der Waals surface area contributed by atoms with Crippen LogP contribution >= 0.6 is 20.2 Å². The van der Waals surface area contributed by atoms with Crippen molar-refractivity contribution in [3.63, 3.8) is 0 Å². The van der Waals surface area contributed by atoms with Crippen LogP contribution in [-0.2, 0) is 4.57 Å². The summed E-state index contributed by atoms with van der Waals surface area (Å²) in [5.41, 5.74) is 19.0. The molecule has 0 saturated carbocycles. The Morgan fingerprint density at radius 3 is 1.59 bits per heavy atom. The average Bonchev–Trinajstić information content (AvgIpc) is 2.60. The number of nitrogens with one attached hydrogen (secondary N) is 1. The smallest absolute Gasteiger partial charge is 0.399 e. The first-order valence-corrected chi connectivity index (χ1v) is 9.81. The molecular weight excluding hydrogens is 413 g/mol. The first kappa shape index (κ1) is 24.4. The molecular formula is C20H23ClN3O4P. The van der Waals surface area contributed by atoms with Gasteiger partial charge < -0.3 is 31.6 Å². The summed E-state index contributed by atoms with van der Waals surface area (Å²) in [5, 5.41) is 7.88. The number of phosphoric acid groups is 1. The maximum absolute atomic E-state index is 8.88. The molecule has 0 fully saturated rings. The number of nitrogens with two attached hydrogens (primary N) is 2. The molecule has 0 amide bonds. The molecule has 2 aromatic carbocycles. The summed E-state index contributed by atoms with van der Waals surface area (Å²) >= 11 is 0. The molecule has 0 unspecified atom stereocenters. The average molecular weight is 436 g/mol. The van der Waals surface area contributed by atoms with Crippen LogP contribution in [0.25, 0.3) is 5.57 Å². The lowest BCUT2D eigenvalue weighted by atomic mass is 9.89. The second-order valence-electron chi connectivity index (χ2n) is 6.16. The van der Waals surface area contributed by atoms with Crippen molar-refractivity contribution >= 4 is 42.9 Å². The van der Waals surface area contributed by atoms with E-state index in [1.54, 1.807) is 0 Å². The van der Waals surface area contributed by atoms with Crippen LogP contribution in [0.3, 0.4) is 0 Å². The van der Waals surface area contributed by atoms with Gasteiger partial charge in [-0.15, -0.1) is 12.4 Å². The van der Waals surface area contributed by atoms with Crippen molar-refractivity contribution in [3.8, 4) is 0 Å². The lowest BCUT2D eigenvalue weighted by molar-refractivity contribution is 0.275. The van der Waals surface area contributed by atoms with E-state index in [0.717, 1.165) is 39.2 Å².